The number of hydrogen-bond donors (Lipinski definition) is 1. The smallest absolute Gasteiger partial charge is 0.147 e. The van der Waals surface area contributed by atoms with Crippen molar-refractivity contribution in [1.29, 1.82) is 0 Å². The average Bonchev–Trinajstić information content (AvgIpc) is 0.811. The van der Waals surface area contributed by atoms with Crippen molar-refractivity contribution in [2.45, 2.75) is 0 Å². The predicted octanol–water partition coefficient (Wildman–Crippen LogP) is 0.843. The minimum absolute atomic E-state index is 3.38. The van der Waals surface area contributed by atoms with Crippen molar-refractivity contribution in [2.24, 2.45) is 5.50 Å². The lowest BCUT2D eigenvalue weighted by atomic mass is 14.9. The van der Waals surface area contributed by atoms with Crippen molar-refractivity contribution >= 4 is 8.69 Å². The molecule has 0 aromatic rings. The highest BCUT2D eigenvalue weighted by molar-refractivity contribution is 7.43. The van der Waals surface area contributed by atoms with E-state index >= 15 is 0 Å². The Bertz CT molecular complexity index is 10.8. The standard InChI is InChI=1S/F2H2NP/c1-4(2)3/h3H2/p+1/i3+1. The SMILES string of the molecule is [15NH2][PH+](F)F. The van der Waals surface area contributed by atoms with Gasteiger partial charge in [0.2, 0.25) is 0 Å². The molecule has 0 aromatic heterocycles. The summed E-state index contributed by atoms with van der Waals surface area (Å²) >= 11 is 0. The summed E-state index contributed by atoms with van der Waals surface area (Å²) in [6.07, 6.45) is 0. The van der Waals surface area contributed by atoms with Crippen LogP contribution in [0.4, 0.5) is 8.39 Å². The van der Waals surface area contributed by atoms with Gasteiger partial charge >= 0.3 is 8.69 Å². The van der Waals surface area contributed by atoms with Gasteiger partial charge in [-0.05, 0) is 8.39 Å². The fourth-order valence-corrected chi connectivity index (χ4v) is 0. The highest BCUT2D eigenvalue weighted by Gasteiger charge is 1.95. The largest absolute Gasteiger partial charge is 0.445 e. The van der Waals surface area contributed by atoms with Crippen LogP contribution in [0.3, 0.4) is 0 Å². The summed E-state index contributed by atoms with van der Waals surface area (Å²) in [4.78, 5) is 0. The predicted molar refractivity (Wildman–Crippen MR) is 14.7 cm³/mol. The highest BCUT2D eigenvalue weighted by Crippen LogP contribution is 2.26. The van der Waals surface area contributed by atoms with Crippen LogP contribution in [0.25, 0.3) is 0 Å². The quantitative estimate of drug-likeness (QED) is 0.344. The molecule has 0 spiro atoms. The normalized spacial score (nSPS) is 9.00. The lowest BCUT2D eigenvalue weighted by molar-refractivity contribution is 0.747. The van der Waals surface area contributed by atoms with Crippen LogP contribution < -0.4 is 5.50 Å². The molecule has 0 saturated heterocycles. The first-order chi connectivity index (χ1) is 1.73. The fraction of sp³-hybridized carbons (Fsp3) is 0. The van der Waals surface area contributed by atoms with E-state index in [2.05, 4.69) is 5.50 Å². The Labute approximate surface area is 23.8 Å². The van der Waals surface area contributed by atoms with E-state index in [1.165, 1.54) is 0 Å². The van der Waals surface area contributed by atoms with Gasteiger partial charge in [0.15, 0.2) is 0 Å². The minimum atomic E-state index is -3.38. The van der Waals surface area contributed by atoms with Crippen LogP contribution in [-0.4, -0.2) is 0 Å². The maximum absolute atomic E-state index is 10.2. The molecular formula is H3F2NP+. The van der Waals surface area contributed by atoms with Crippen LogP contribution in [0.15, 0.2) is 0 Å². The lowest BCUT2D eigenvalue weighted by Crippen LogP contribution is -1.66. The number of halogens is 2. The molecule has 0 fully saturated rings. The van der Waals surface area contributed by atoms with Crippen LogP contribution in [0.5, 0.6) is 0 Å². The molecule has 26 valence electrons. The van der Waals surface area contributed by atoms with Crippen molar-refractivity contribution in [3.8, 4) is 0 Å². The van der Waals surface area contributed by atoms with Crippen molar-refractivity contribution < 1.29 is 8.39 Å². The van der Waals surface area contributed by atoms with Gasteiger partial charge in [0.1, 0.15) is 0 Å². The zero-order chi connectivity index (χ0) is 3.58. The molecule has 0 bridgehead atoms. The van der Waals surface area contributed by atoms with Crippen LogP contribution in [0.1, 0.15) is 0 Å². The molecule has 0 rings (SSSR count). The van der Waals surface area contributed by atoms with Crippen molar-refractivity contribution in [3.63, 3.8) is 0 Å². The molecule has 0 saturated carbocycles. The fourth-order valence-electron chi connectivity index (χ4n) is 0. The molecule has 0 amide bonds. The summed E-state index contributed by atoms with van der Waals surface area (Å²) < 4.78 is 20.4. The summed E-state index contributed by atoms with van der Waals surface area (Å²) in [6.45, 7) is 0. The van der Waals surface area contributed by atoms with Crippen LogP contribution in [0.2, 0.25) is 0 Å². The average molecular weight is 87.0 g/mol. The molecule has 0 aliphatic heterocycles. The third-order valence-electron chi connectivity index (χ3n) is 0. The van der Waals surface area contributed by atoms with Gasteiger partial charge in [0, 0.05) is 0 Å². The molecule has 0 radical (unpaired) electrons. The Balaban J connectivity index is 2.32. The third-order valence-corrected chi connectivity index (χ3v) is 0. The first-order valence-corrected chi connectivity index (χ1v) is 2.00. The molecule has 0 unspecified atom stereocenters. The number of nitrogens with two attached hydrogens (primary N) is 1. The third kappa shape index (κ3) is 56.2. The van der Waals surface area contributed by atoms with Gasteiger partial charge in [-0.25, -0.2) is 0 Å². The molecule has 0 heterocycles. The van der Waals surface area contributed by atoms with E-state index in [0.717, 1.165) is 0 Å². The van der Waals surface area contributed by atoms with E-state index in [0.29, 0.717) is 0 Å². The van der Waals surface area contributed by atoms with Crippen LogP contribution >= 0.6 is 8.69 Å². The monoisotopic (exact) mass is 87.0 g/mol. The maximum Gasteiger partial charge on any atom is 0.445 e. The zero-order valence-electron chi connectivity index (χ0n) is 1.83. The summed E-state index contributed by atoms with van der Waals surface area (Å²) in [5, 5.41) is 0. The van der Waals surface area contributed by atoms with Crippen LogP contribution in [0, 0.1) is 0 Å². The van der Waals surface area contributed by atoms with Gasteiger partial charge < -0.3 is 0 Å². The molecule has 4 heavy (non-hydrogen) atoms. The molecule has 0 aromatic carbocycles. The topological polar surface area (TPSA) is 26.0 Å². The first-order valence-electron chi connectivity index (χ1n) is 0.667. The van der Waals surface area contributed by atoms with Gasteiger partial charge in [-0.15, -0.1) is 5.50 Å². The minimum Gasteiger partial charge on any atom is -0.147 e. The van der Waals surface area contributed by atoms with Gasteiger partial charge in [0.05, 0.1) is 0 Å². The van der Waals surface area contributed by atoms with E-state index in [1.807, 2.05) is 0 Å². The second-order valence-corrected chi connectivity index (χ2v) is 0.869. The number of hydrogen-bond acceptors (Lipinski definition) is 1. The van der Waals surface area contributed by atoms with Gasteiger partial charge in [-0.1, -0.05) is 0 Å². The van der Waals surface area contributed by atoms with E-state index in [1.54, 1.807) is 0 Å². The molecule has 0 aliphatic rings. The summed E-state index contributed by atoms with van der Waals surface area (Å²) in [6, 6.07) is 0. The van der Waals surface area contributed by atoms with Crippen molar-refractivity contribution in [3.05, 3.63) is 0 Å². The second-order valence-electron chi connectivity index (χ2n) is 0.290. The Morgan fingerprint density at radius 2 is 1.50 bits per heavy atom. The molecule has 4 heteroatoms. The summed E-state index contributed by atoms with van der Waals surface area (Å²) in [7, 11) is -3.38. The van der Waals surface area contributed by atoms with Crippen molar-refractivity contribution in [2.75, 3.05) is 0 Å². The first kappa shape index (κ1) is 4.25. The molecular weight excluding hydrogens is 84.0 g/mol. The Kier molecular flexibility index (Phi) is 1.66. The van der Waals surface area contributed by atoms with Gasteiger partial charge in [-0.2, -0.15) is 0 Å². The Hall–Kier alpha value is 0.250. The maximum atomic E-state index is 10.2. The Morgan fingerprint density at radius 3 is 1.50 bits per heavy atom. The van der Waals surface area contributed by atoms with Crippen LogP contribution in [-0.2, 0) is 0 Å². The highest BCUT2D eigenvalue weighted by atomic mass is 31.2. The summed E-state index contributed by atoms with van der Waals surface area (Å²) in [5.41, 5.74) is 3.88. The molecule has 2 N–H and O–H groups in total. The second kappa shape index (κ2) is 1.56. The zero-order valence-corrected chi connectivity index (χ0v) is 2.83. The molecule has 0 atom stereocenters. The Morgan fingerprint density at radius 1 is 1.50 bits per heavy atom. The van der Waals surface area contributed by atoms with E-state index in [-0.39, 0.29) is 0 Å². The van der Waals surface area contributed by atoms with E-state index in [4.69, 9.17) is 0 Å². The van der Waals surface area contributed by atoms with Crippen molar-refractivity contribution in [1.82, 2.24) is 0 Å². The molecule has 0 aliphatic carbocycles. The van der Waals surface area contributed by atoms with E-state index in [9.17, 15) is 8.39 Å². The number of rotatable bonds is 0. The molecule has 1 nitrogen and oxygen atoms in total. The van der Waals surface area contributed by atoms with E-state index < -0.39 is 8.69 Å². The summed E-state index contributed by atoms with van der Waals surface area (Å²) in [5.74, 6) is 0. The lowest BCUT2D eigenvalue weighted by Gasteiger charge is -1.55. The van der Waals surface area contributed by atoms with Gasteiger partial charge in [-0.3, -0.25) is 0 Å². The van der Waals surface area contributed by atoms with Gasteiger partial charge in [0.25, 0.3) is 0 Å².